The van der Waals surface area contributed by atoms with E-state index < -0.39 is 7.82 Å². The first-order chi connectivity index (χ1) is 13.7. The summed E-state index contributed by atoms with van der Waals surface area (Å²) in [4.78, 5) is 0. The normalized spacial score (nSPS) is 11.2. The van der Waals surface area contributed by atoms with Crippen LogP contribution in [0.3, 0.4) is 0 Å². The molecule has 29 heavy (non-hydrogen) atoms. The molecule has 0 spiro atoms. The van der Waals surface area contributed by atoms with Crippen molar-refractivity contribution in [3.63, 3.8) is 0 Å². The summed E-state index contributed by atoms with van der Waals surface area (Å²) in [5.74, 6) is 0.492. The summed E-state index contributed by atoms with van der Waals surface area (Å²) in [5.41, 5.74) is 0. The van der Waals surface area contributed by atoms with Crippen LogP contribution in [0.25, 0.3) is 0 Å². The Balaban J connectivity index is 2.04. The number of phosphoric acid groups is 1. The van der Waals surface area contributed by atoms with Crippen molar-refractivity contribution in [2.24, 2.45) is 0 Å². The molecule has 0 heterocycles. The lowest BCUT2D eigenvalue weighted by molar-refractivity contribution is 0.296. The quantitative estimate of drug-likeness (QED) is 0.246. The Labute approximate surface area is 207 Å². The highest BCUT2D eigenvalue weighted by Crippen LogP contribution is 2.54. The second-order valence-corrected chi connectivity index (χ2v) is 10.4. The number of benzene rings is 3. The molecule has 0 unspecified atom stereocenters. The number of hydrogen-bond acceptors (Lipinski definition) is 4. The molecule has 3 rings (SSSR count). The van der Waals surface area contributed by atoms with Crippen molar-refractivity contribution in [2.45, 2.75) is 0 Å². The molecular weight excluding hydrogens is 657 g/mol. The van der Waals surface area contributed by atoms with Crippen LogP contribution in [0.4, 0.5) is 0 Å². The Bertz CT molecular complexity index is 977. The summed E-state index contributed by atoms with van der Waals surface area (Å²) in [6, 6.07) is 14.5. The van der Waals surface area contributed by atoms with Crippen LogP contribution in [0.1, 0.15) is 0 Å². The number of hydrogen-bond donors (Lipinski definition) is 0. The molecule has 152 valence electrons. The lowest BCUT2D eigenvalue weighted by Crippen LogP contribution is -2.08. The van der Waals surface area contributed by atoms with Gasteiger partial charge in [-0.3, -0.25) is 0 Å². The smallest absolute Gasteiger partial charge is 0.385 e. The van der Waals surface area contributed by atoms with Crippen molar-refractivity contribution in [1.82, 2.24) is 0 Å². The monoisotopic (exact) mass is 662 g/mol. The molecule has 0 bridgehead atoms. The Kier molecular flexibility index (Phi) is 7.88. The number of rotatable bonds is 6. The van der Waals surface area contributed by atoms with E-state index in [2.05, 4.69) is 47.8 Å². The molecular formula is C18H9Br3Cl3O4P. The Hall–Kier alpha value is -0.400. The van der Waals surface area contributed by atoms with Crippen molar-refractivity contribution in [2.75, 3.05) is 0 Å². The molecule has 3 aromatic carbocycles. The fourth-order valence-corrected chi connectivity index (χ4v) is 5.28. The molecule has 0 atom stereocenters. The number of phosphoric ester groups is 1. The molecule has 0 N–H and O–H groups in total. The first kappa shape index (κ1) is 23.3. The van der Waals surface area contributed by atoms with E-state index in [1.54, 1.807) is 54.6 Å². The van der Waals surface area contributed by atoms with Gasteiger partial charge in [-0.2, -0.15) is 4.57 Å². The van der Waals surface area contributed by atoms with Gasteiger partial charge >= 0.3 is 7.82 Å². The van der Waals surface area contributed by atoms with Crippen LogP contribution in [-0.4, -0.2) is 0 Å². The standard InChI is InChI=1S/C18H9Br3Cl3O4P/c19-16-10(22)4-1-7-13(16)26-29(25,27-14-8-2-5-11(23)17(14)20)28-15-9-3-6-12(24)18(15)21/h1-9H. The summed E-state index contributed by atoms with van der Waals surface area (Å²) in [7, 11) is -4.29. The third-order valence-electron chi connectivity index (χ3n) is 3.38. The van der Waals surface area contributed by atoms with Crippen molar-refractivity contribution in [3.05, 3.63) is 83.1 Å². The van der Waals surface area contributed by atoms with Crippen molar-refractivity contribution >= 4 is 90.4 Å². The SMILES string of the molecule is O=P(Oc1cccc(Cl)c1Br)(Oc1cccc(Cl)c1Br)Oc1cccc(Cl)c1Br. The molecule has 4 nitrogen and oxygen atoms in total. The van der Waals surface area contributed by atoms with E-state index in [0.29, 0.717) is 28.5 Å². The van der Waals surface area contributed by atoms with Gasteiger partial charge in [0.05, 0.1) is 28.5 Å². The second-order valence-electron chi connectivity index (χ2n) is 5.38. The van der Waals surface area contributed by atoms with E-state index in [1.165, 1.54) is 0 Å². The maximum Gasteiger partial charge on any atom is 0.647 e. The Morgan fingerprint density at radius 2 is 0.862 bits per heavy atom. The Morgan fingerprint density at radius 1 is 0.586 bits per heavy atom. The van der Waals surface area contributed by atoms with Crippen LogP contribution in [0.15, 0.2) is 68.0 Å². The third-order valence-corrected chi connectivity index (χ3v) is 8.72. The fourth-order valence-electron chi connectivity index (χ4n) is 2.08. The topological polar surface area (TPSA) is 44.8 Å². The maximum absolute atomic E-state index is 13.7. The van der Waals surface area contributed by atoms with E-state index in [4.69, 9.17) is 48.4 Å². The predicted octanol–water partition coefficient (Wildman–Crippen LogP) is 9.58. The van der Waals surface area contributed by atoms with Gasteiger partial charge in [-0.1, -0.05) is 53.0 Å². The predicted molar refractivity (Wildman–Crippen MR) is 127 cm³/mol. The summed E-state index contributed by atoms with van der Waals surface area (Å²) in [6.07, 6.45) is 0. The molecule has 0 saturated carbocycles. The summed E-state index contributed by atoms with van der Waals surface area (Å²) in [6.45, 7) is 0. The lowest BCUT2D eigenvalue weighted by Gasteiger charge is -2.21. The molecule has 0 aliphatic heterocycles. The van der Waals surface area contributed by atoms with Gasteiger partial charge in [-0.05, 0) is 84.2 Å². The van der Waals surface area contributed by atoms with Crippen molar-refractivity contribution < 1.29 is 18.1 Å². The van der Waals surface area contributed by atoms with Gasteiger partial charge in [0.15, 0.2) is 0 Å². The average Bonchev–Trinajstić information content (AvgIpc) is 2.67. The molecule has 0 aromatic heterocycles. The fraction of sp³-hybridized carbons (Fsp3) is 0. The van der Waals surface area contributed by atoms with E-state index in [9.17, 15) is 4.57 Å². The van der Waals surface area contributed by atoms with Crippen LogP contribution in [-0.2, 0) is 4.57 Å². The van der Waals surface area contributed by atoms with Gasteiger partial charge < -0.3 is 13.6 Å². The van der Waals surface area contributed by atoms with Crippen molar-refractivity contribution in [1.29, 1.82) is 0 Å². The van der Waals surface area contributed by atoms with Crippen LogP contribution < -0.4 is 13.6 Å². The van der Waals surface area contributed by atoms with E-state index >= 15 is 0 Å². The zero-order chi connectivity index (χ0) is 21.2. The van der Waals surface area contributed by atoms with Gasteiger partial charge in [0.2, 0.25) is 0 Å². The molecule has 0 amide bonds. The van der Waals surface area contributed by atoms with E-state index in [1.807, 2.05) is 0 Å². The molecule has 3 aromatic rings. The number of halogens is 6. The van der Waals surface area contributed by atoms with Crippen LogP contribution in [0.2, 0.25) is 15.1 Å². The minimum atomic E-state index is -4.29. The minimum absolute atomic E-state index is 0.164. The molecule has 11 heteroatoms. The van der Waals surface area contributed by atoms with Crippen LogP contribution >= 0.6 is 90.4 Å². The van der Waals surface area contributed by atoms with Gasteiger partial charge in [0.25, 0.3) is 0 Å². The lowest BCUT2D eigenvalue weighted by atomic mass is 10.3. The van der Waals surface area contributed by atoms with Crippen molar-refractivity contribution in [3.8, 4) is 17.2 Å². The van der Waals surface area contributed by atoms with Gasteiger partial charge in [0, 0.05) is 0 Å². The van der Waals surface area contributed by atoms with E-state index in [-0.39, 0.29) is 17.2 Å². The van der Waals surface area contributed by atoms with Crippen LogP contribution in [0, 0.1) is 0 Å². The van der Waals surface area contributed by atoms with E-state index in [0.717, 1.165) is 0 Å². The summed E-state index contributed by atoms with van der Waals surface area (Å²) in [5, 5.41) is 1.09. The minimum Gasteiger partial charge on any atom is -0.385 e. The highest BCUT2D eigenvalue weighted by atomic mass is 79.9. The second kappa shape index (κ2) is 9.82. The molecule has 0 aliphatic rings. The molecule has 0 aliphatic carbocycles. The molecule has 0 fully saturated rings. The van der Waals surface area contributed by atoms with Gasteiger partial charge in [-0.15, -0.1) is 0 Å². The maximum atomic E-state index is 13.7. The zero-order valence-corrected chi connectivity index (χ0v) is 22.0. The Morgan fingerprint density at radius 3 is 1.14 bits per heavy atom. The van der Waals surface area contributed by atoms with Crippen LogP contribution in [0.5, 0.6) is 17.2 Å². The zero-order valence-electron chi connectivity index (χ0n) is 14.0. The first-order valence-electron chi connectivity index (χ1n) is 7.71. The largest absolute Gasteiger partial charge is 0.647 e. The summed E-state index contributed by atoms with van der Waals surface area (Å²) < 4.78 is 31.8. The summed E-state index contributed by atoms with van der Waals surface area (Å²) >= 11 is 28.2. The van der Waals surface area contributed by atoms with Gasteiger partial charge in [0.1, 0.15) is 17.2 Å². The average molecular weight is 666 g/mol. The third kappa shape index (κ3) is 5.65. The highest BCUT2D eigenvalue weighted by Gasteiger charge is 2.36. The molecule has 0 saturated heterocycles. The van der Waals surface area contributed by atoms with Gasteiger partial charge in [-0.25, -0.2) is 0 Å². The molecule has 0 radical (unpaired) electrons. The highest BCUT2D eigenvalue weighted by molar-refractivity contribution is 9.11. The first-order valence-corrected chi connectivity index (χ1v) is 12.7.